The molecule has 1 aromatic rings. The zero-order valence-corrected chi connectivity index (χ0v) is 9.95. The van der Waals surface area contributed by atoms with Gasteiger partial charge in [-0.25, -0.2) is 13.6 Å². The van der Waals surface area contributed by atoms with Crippen molar-refractivity contribution in [1.29, 1.82) is 0 Å². The summed E-state index contributed by atoms with van der Waals surface area (Å²) in [5.41, 5.74) is -1.48. The molecule has 0 saturated heterocycles. The Morgan fingerprint density at radius 1 is 1.47 bits per heavy atom. The van der Waals surface area contributed by atoms with E-state index in [1.807, 2.05) is 0 Å². The lowest BCUT2D eigenvalue weighted by molar-refractivity contribution is -0.386. The van der Waals surface area contributed by atoms with Crippen LogP contribution in [-0.2, 0) is 10.0 Å². The smallest absolute Gasteiger partial charge is 0.387 e. The molecule has 0 atom stereocenters. The summed E-state index contributed by atoms with van der Waals surface area (Å²) in [5, 5.41) is 14.2. The third kappa shape index (κ3) is 3.75. The number of alkyl halides is 3. The molecule has 0 saturated carbocycles. The van der Waals surface area contributed by atoms with Gasteiger partial charge in [-0.15, -0.1) is 13.2 Å². The fraction of sp³-hybridized carbons (Fsp3) is 0.286. The molecule has 12 heteroatoms. The van der Waals surface area contributed by atoms with E-state index in [-0.39, 0.29) is 0 Å². The highest BCUT2D eigenvalue weighted by Gasteiger charge is 2.35. The highest BCUT2D eigenvalue weighted by molar-refractivity contribution is 7.89. The third-order valence-corrected chi connectivity index (χ3v) is 2.67. The summed E-state index contributed by atoms with van der Waals surface area (Å²) < 4.78 is 61.6. The third-order valence-electron chi connectivity index (χ3n) is 1.88. The van der Waals surface area contributed by atoms with Crippen LogP contribution in [0.4, 0.5) is 18.9 Å². The van der Waals surface area contributed by atoms with Crippen LogP contribution in [0.1, 0.15) is 5.56 Å². The minimum Gasteiger partial charge on any atom is -0.387 e. The van der Waals surface area contributed by atoms with Gasteiger partial charge in [-0.05, 0) is 6.92 Å². The summed E-state index contributed by atoms with van der Waals surface area (Å²) in [5.74, 6) is -1.24. The summed E-state index contributed by atoms with van der Waals surface area (Å²) in [6, 6.07) is 0.452. The normalized spacial score (nSPS) is 12.3. The average Bonchev–Trinajstić information content (AvgIpc) is 2.16. The molecule has 106 valence electrons. The first-order valence-corrected chi connectivity index (χ1v) is 5.91. The summed E-state index contributed by atoms with van der Waals surface area (Å²) in [4.78, 5) is 12.6. The summed E-state index contributed by atoms with van der Waals surface area (Å²) in [7, 11) is -4.52. The van der Waals surface area contributed by atoms with Gasteiger partial charge in [0, 0.05) is 0 Å². The molecule has 0 amide bonds. The van der Waals surface area contributed by atoms with Gasteiger partial charge in [0.2, 0.25) is 5.88 Å². The van der Waals surface area contributed by atoms with Gasteiger partial charge in [-0.2, -0.15) is 4.98 Å². The average molecular weight is 301 g/mol. The number of primary sulfonamides is 1. The second kappa shape index (κ2) is 4.62. The second-order valence-corrected chi connectivity index (χ2v) is 4.77. The SMILES string of the molecule is Cc1c([N+](=O)[O-])cc(S(N)(=O)=O)nc1OC(F)(F)F. The van der Waals surface area contributed by atoms with E-state index >= 15 is 0 Å². The maximum absolute atomic E-state index is 12.1. The van der Waals surface area contributed by atoms with Crippen molar-refractivity contribution in [1.82, 2.24) is 4.98 Å². The van der Waals surface area contributed by atoms with E-state index in [2.05, 4.69) is 14.9 Å². The van der Waals surface area contributed by atoms with Gasteiger partial charge in [0.1, 0.15) is 0 Å². The number of aromatic nitrogens is 1. The molecule has 8 nitrogen and oxygen atoms in total. The van der Waals surface area contributed by atoms with E-state index in [4.69, 9.17) is 0 Å². The van der Waals surface area contributed by atoms with Gasteiger partial charge in [0.15, 0.2) is 5.03 Å². The molecule has 0 radical (unpaired) electrons. The lowest BCUT2D eigenvalue weighted by atomic mass is 10.2. The summed E-state index contributed by atoms with van der Waals surface area (Å²) >= 11 is 0. The molecule has 1 rings (SSSR count). The van der Waals surface area contributed by atoms with Gasteiger partial charge in [-0.3, -0.25) is 10.1 Å². The van der Waals surface area contributed by atoms with E-state index in [0.717, 1.165) is 6.92 Å². The zero-order chi connectivity index (χ0) is 15.0. The molecule has 0 unspecified atom stereocenters. The molecule has 1 heterocycles. The molecule has 2 N–H and O–H groups in total. The Bertz CT molecular complexity index is 628. The van der Waals surface area contributed by atoms with Crippen LogP contribution in [0.25, 0.3) is 0 Å². The predicted octanol–water partition coefficient (Wildman–Crippen LogP) is 0.844. The van der Waals surface area contributed by atoms with E-state index < -0.39 is 43.5 Å². The Morgan fingerprint density at radius 2 is 2.00 bits per heavy atom. The zero-order valence-electron chi connectivity index (χ0n) is 9.13. The fourth-order valence-electron chi connectivity index (χ4n) is 1.10. The Balaban J connectivity index is 3.54. The van der Waals surface area contributed by atoms with Gasteiger partial charge in [0.25, 0.3) is 15.7 Å². The topological polar surface area (TPSA) is 125 Å². The Morgan fingerprint density at radius 3 is 2.37 bits per heavy atom. The van der Waals surface area contributed by atoms with E-state index in [9.17, 15) is 31.7 Å². The van der Waals surface area contributed by atoms with E-state index in [1.54, 1.807) is 0 Å². The number of pyridine rings is 1. The van der Waals surface area contributed by atoms with Gasteiger partial charge in [-0.1, -0.05) is 0 Å². The minimum atomic E-state index is -5.18. The van der Waals surface area contributed by atoms with Crippen LogP contribution in [0, 0.1) is 17.0 Å². The summed E-state index contributed by atoms with van der Waals surface area (Å²) in [6.45, 7) is 0.930. The lowest BCUT2D eigenvalue weighted by Gasteiger charge is -2.11. The van der Waals surface area contributed by atoms with Crippen LogP contribution in [0.2, 0.25) is 0 Å². The number of sulfonamides is 1. The molecule has 0 aliphatic carbocycles. The molecule has 0 spiro atoms. The van der Waals surface area contributed by atoms with Crippen LogP contribution < -0.4 is 9.88 Å². The van der Waals surface area contributed by atoms with Crippen molar-refractivity contribution in [3.05, 3.63) is 21.7 Å². The van der Waals surface area contributed by atoms with Gasteiger partial charge < -0.3 is 4.74 Å². The first-order chi connectivity index (χ1) is 8.42. The van der Waals surface area contributed by atoms with Crippen molar-refractivity contribution < 1.29 is 31.2 Å². The number of nitrogens with zero attached hydrogens (tertiary/aromatic N) is 2. The van der Waals surface area contributed by atoms with Crippen molar-refractivity contribution in [2.45, 2.75) is 18.3 Å². The molecule has 0 aliphatic rings. The molecular weight excluding hydrogens is 295 g/mol. The molecule has 19 heavy (non-hydrogen) atoms. The van der Waals surface area contributed by atoms with Crippen LogP contribution in [0.5, 0.6) is 5.88 Å². The first kappa shape index (κ1) is 15.1. The van der Waals surface area contributed by atoms with Crippen molar-refractivity contribution in [3.8, 4) is 5.88 Å². The Hall–Kier alpha value is -1.95. The predicted molar refractivity (Wildman–Crippen MR) is 53.7 cm³/mol. The number of ether oxygens (including phenoxy) is 1. The number of hydrogen-bond acceptors (Lipinski definition) is 6. The molecule has 0 aliphatic heterocycles. The number of hydrogen-bond donors (Lipinski definition) is 1. The number of rotatable bonds is 3. The quantitative estimate of drug-likeness (QED) is 0.651. The van der Waals surface area contributed by atoms with Crippen LogP contribution >= 0.6 is 0 Å². The van der Waals surface area contributed by atoms with Crippen LogP contribution in [0.15, 0.2) is 11.1 Å². The summed E-state index contributed by atoms with van der Waals surface area (Å²) in [6.07, 6.45) is -5.18. The van der Waals surface area contributed by atoms with Crippen LogP contribution in [0.3, 0.4) is 0 Å². The number of nitro groups is 1. The number of halogens is 3. The molecule has 0 fully saturated rings. The minimum absolute atomic E-state index is 0.452. The molecule has 0 bridgehead atoms. The first-order valence-electron chi connectivity index (χ1n) is 4.36. The maximum Gasteiger partial charge on any atom is 0.574 e. The fourth-order valence-corrected chi connectivity index (χ4v) is 1.58. The van der Waals surface area contributed by atoms with E-state index in [1.165, 1.54) is 0 Å². The monoisotopic (exact) mass is 301 g/mol. The molecule has 0 aromatic carbocycles. The second-order valence-electron chi connectivity index (χ2n) is 3.26. The van der Waals surface area contributed by atoms with Crippen LogP contribution in [-0.4, -0.2) is 24.7 Å². The van der Waals surface area contributed by atoms with Crippen molar-refractivity contribution >= 4 is 15.7 Å². The maximum atomic E-state index is 12.1. The lowest BCUT2D eigenvalue weighted by Crippen LogP contribution is -2.21. The van der Waals surface area contributed by atoms with Gasteiger partial charge >= 0.3 is 6.36 Å². The van der Waals surface area contributed by atoms with Crippen molar-refractivity contribution in [3.63, 3.8) is 0 Å². The van der Waals surface area contributed by atoms with E-state index in [0.29, 0.717) is 6.07 Å². The Kier molecular flexibility index (Phi) is 3.67. The van der Waals surface area contributed by atoms with Gasteiger partial charge in [0.05, 0.1) is 16.6 Å². The molecular formula is C7H6F3N3O5S. The Labute approximate surface area is 104 Å². The highest BCUT2D eigenvalue weighted by atomic mass is 32.2. The largest absolute Gasteiger partial charge is 0.574 e. The standard InChI is InChI=1S/C7H6F3N3O5S/c1-3-4(13(14)15)2-5(19(11,16)17)12-6(3)18-7(8,9)10/h2H,1H3,(H2,11,16,17). The molecule has 1 aromatic heterocycles. The highest BCUT2D eigenvalue weighted by Crippen LogP contribution is 2.31. The van der Waals surface area contributed by atoms with Crippen molar-refractivity contribution in [2.75, 3.05) is 0 Å². The van der Waals surface area contributed by atoms with Crippen molar-refractivity contribution in [2.24, 2.45) is 5.14 Å². The number of nitrogens with two attached hydrogens (primary N) is 1.